The van der Waals surface area contributed by atoms with Gasteiger partial charge in [0.15, 0.2) is 4.34 Å². The molecule has 1 aromatic carbocycles. The first kappa shape index (κ1) is 15.0. The third-order valence-electron chi connectivity index (χ3n) is 2.38. The van der Waals surface area contributed by atoms with Gasteiger partial charge in [-0.15, -0.1) is 0 Å². The summed E-state index contributed by atoms with van der Waals surface area (Å²) in [4.78, 5) is 5.34. The Labute approximate surface area is 130 Å². The van der Waals surface area contributed by atoms with Gasteiger partial charge in [0.2, 0.25) is 0 Å². The number of nitrogens with one attached hydrogen (secondary N) is 1. The van der Waals surface area contributed by atoms with Crippen LogP contribution >= 0.6 is 39.2 Å². The molecule has 0 aliphatic heterocycles. The highest BCUT2D eigenvalue weighted by atomic mass is 79.9. The van der Waals surface area contributed by atoms with Gasteiger partial charge in [0.25, 0.3) is 0 Å². The van der Waals surface area contributed by atoms with Crippen LogP contribution in [0.25, 0.3) is 0 Å². The predicted molar refractivity (Wildman–Crippen MR) is 84.8 cm³/mol. The standard InChI is InChI=1S/C13H16BrN3S2/c1-13(2,3)16-7-9-4-5-10(6-11(9)14)18-12-15-8-17-19-12/h4-6,8,16H,7H2,1-3H3. The second-order valence-electron chi connectivity index (χ2n) is 5.17. The maximum Gasteiger partial charge on any atom is 0.174 e. The van der Waals surface area contributed by atoms with E-state index < -0.39 is 0 Å². The Morgan fingerprint density at radius 2 is 2.16 bits per heavy atom. The van der Waals surface area contributed by atoms with Gasteiger partial charge >= 0.3 is 0 Å². The Balaban J connectivity index is 2.04. The molecule has 2 rings (SSSR count). The molecule has 1 heterocycles. The third kappa shape index (κ3) is 4.87. The zero-order valence-electron chi connectivity index (χ0n) is 11.1. The lowest BCUT2D eigenvalue weighted by molar-refractivity contribution is 0.424. The quantitative estimate of drug-likeness (QED) is 0.882. The van der Waals surface area contributed by atoms with Gasteiger partial charge in [-0.3, -0.25) is 0 Å². The molecule has 102 valence electrons. The van der Waals surface area contributed by atoms with Gasteiger partial charge in [0, 0.05) is 21.5 Å². The van der Waals surface area contributed by atoms with Gasteiger partial charge in [-0.05, 0) is 50.0 Å². The summed E-state index contributed by atoms with van der Waals surface area (Å²) >= 11 is 6.68. The van der Waals surface area contributed by atoms with Crippen molar-refractivity contribution >= 4 is 39.2 Å². The van der Waals surface area contributed by atoms with Crippen molar-refractivity contribution in [1.29, 1.82) is 0 Å². The van der Waals surface area contributed by atoms with Crippen LogP contribution in [0.4, 0.5) is 0 Å². The predicted octanol–water partition coefficient (Wildman–Crippen LogP) is 4.34. The fraction of sp³-hybridized carbons (Fsp3) is 0.385. The molecule has 3 nitrogen and oxygen atoms in total. The molecule has 0 bridgehead atoms. The summed E-state index contributed by atoms with van der Waals surface area (Å²) in [5.74, 6) is 0. The van der Waals surface area contributed by atoms with Gasteiger partial charge in [0.1, 0.15) is 6.33 Å². The fourth-order valence-electron chi connectivity index (χ4n) is 1.40. The molecule has 0 atom stereocenters. The lowest BCUT2D eigenvalue weighted by Gasteiger charge is -2.21. The lowest BCUT2D eigenvalue weighted by atomic mass is 10.1. The van der Waals surface area contributed by atoms with Crippen LogP contribution in [0.15, 0.2) is 38.2 Å². The van der Waals surface area contributed by atoms with Gasteiger partial charge in [-0.2, -0.15) is 4.37 Å². The van der Waals surface area contributed by atoms with E-state index >= 15 is 0 Å². The van der Waals surface area contributed by atoms with E-state index in [-0.39, 0.29) is 5.54 Å². The van der Waals surface area contributed by atoms with Gasteiger partial charge in [-0.1, -0.05) is 33.8 Å². The fourth-order valence-corrected chi connectivity index (χ4v) is 3.53. The van der Waals surface area contributed by atoms with Crippen molar-refractivity contribution in [3.05, 3.63) is 34.6 Å². The van der Waals surface area contributed by atoms with Crippen LogP contribution in [0.1, 0.15) is 26.3 Å². The molecular weight excluding hydrogens is 342 g/mol. The lowest BCUT2D eigenvalue weighted by Crippen LogP contribution is -2.35. The molecule has 2 aromatic rings. The number of nitrogens with zero attached hydrogens (tertiary/aromatic N) is 2. The van der Waals surface area contributed by atoms with Gasteiger partial charge < -0.3 is 5.32 Å². The molecule has 0 radical (unpaired) electrons. The number of halogens is 1. The summed E-state index contributed by atoms with van der Waals surface area (Å²) in [5.41, 5.74) is 1.39. The zero-order chi connectivity index (χ0) is 13.9. The molecule has 0 saturated heterocycles. The highest BCUT2D eigenvalue weighted by Crippen LogP contribution is 2.31. The van der Waals surface area contributed by atoms with Gasteiger partial charge in [0.05, 0.1) is 0 Å². The van der Waals surface area contributed by atoms with E-state index in [1.54, 1.807) is 18.1 Å². The summed E-state index contributed by atoms with van der Waals surface area (Å²) in [6.07, 6.45) is 1.59. The van der Waals surface area contributed by atoms with Gasteiger partial charge in [-0.25, -0.2) is 4.98 Å². The Kier molecular flexibility index (Phi) is 5.00. The van der Waals surface area contributed by atoms with Crippen molar-refractivity contribution in [2.75, 3.05) is 0 Å². The minimum Gasteiger partial charge on any atom is -0.308 e. The third-order valence-corrected chi connectivity index (χ3v) is 4.82. The Morgan fingerprint density at radius 3 is 2.74 bits per heavy atom. The zero-order valence-corrected chi connectivity index (χ0v) is 14.3. The highest BCUT2D eigenvalue weighted by Gasteiger charge is 2.10. The Bertz CT molecular complexity index is 535. The van der Waals surface area contributed by atoms with Crippen molar-refractivity contribution in [2.45, 2.75) is 42.1 Å². The van der Waals surface area contributed by atoms with Crippen molar-refractivity contribution in [1.82, 2.24) is 14.7 Å². The maximum absolute atomic E-state index is 4.17. The molecule has 6 heteroatoms. The number of benzene rings is 1. The van der Waals surface area contributed by atoms with Crippen LogP contribution in [0.3, 0.4) is 0 Å². The molecule has 1 aromatic heterocycles. The topological polar surface area (TPSA) is 37.8 Å². The molecule has 0 aliphatic carbocycles. The summed E-state index contributed by atoms with van der Waals surface area (Å²) in [5, 5.41) is 3.49. The number of rotatable bonds is 4. The highest BCUT2D eigenvalue weighted by molar-refractivity contribution is 9.10. The van der Waals surface area contributed by atoms with E-state index in [9.17, 15) is 0 Å². The number of aromatic nitrogens is 2. The molecule has 0 aliphatic rings. The monoisotopic (exact) mass is 357 g/mol. The van der Waals surface area contributed by atoms with Crippen molar-refractivity contribution in [3.8, 4) is 0 Å². The Morgan fingerprint density at radius 1 is 1.37 bits per heavy atom. The van der Waals surface area contributed by atoms with Crippen LogP contribution in [0.2, 0.25) is 0 Å². The van der Waals surface area contributed by atoms with E-state index in [2.05, 4.69) is 69.6 Å². The number of hydrogen-bond acceptors (Lipinski definition) is 5. The second-order valence-corrected chi connectivity index (χ2v) is 8.12. The summed E-state index contributed by atoms with van der Waals surface area (Å²) in [7, 11) is 0. The molecule has 0 spiro atoms. The molecule has 0 saturated carbocycles. The average Bonchev–Trinajstić information content (AvgIpc) is 2.79. The van der Waals surface area contributed by atoms with Crippen LogP contribution in [-0.2, 0) is 6.54 Å². The summed E-state index contributed by atoms with van der Waals surface area (Å²) < 4.78 is 6.09. The number of hydrogen-bond donors (Lipinski definition) is 1. The molecule has 19 heavy (non-hydrogen) atoms. The van der Waals surface area contributed by atoms with E-state index in [0.29, 0.717) is 0 Å². The van der Waals surface area contributed by atoms with E-state index in [4.69, 9.17) is 0 Å². The summed E-state index contributed by atoms with van der Waals surface area (Å²) in [6.45, 7) is 7.36. The van der Waals surface area contributed by atoms with Crippen LogP contribution < -0.4 is 5.32 Å². The molecule has 0 amide bonds. The first-order valence-electron chi connectivity index (χ1n) is 5.92. The van der Waals surface area contributed by atoms with E-state index in [1.165, 1.54) is 22.0 Å². The van der Waals surface area contributed by atoms with Crippen molar-refractivity contribution in [3.63, 3.8) is 0 Å². The van der Waals surface area contributed by atoms with Crippen molar-refractivity contribution < 1.29 is 0 Å². The van der Waals surface area contributed by atoms with Crippen LogP contribution in [-0.4, -0.2) is 14.9 Å². The van der Waals surface area contributed by atoms with Crippen molar-refractivity contribution in [2.24, 2.45) is 0 Å². The molecule has 0 unspecified atom stereocenters. The van der Waals surface area contributed by atoms with Crippen LogP contribution in [0.5, 0.6) is 0 Å². The van der Waals surface area contributed by atoms with E-state index in [1.807, 2.05) is 0 Å². The average molecular weight is 358 g/mol. The first-order valence-corrected chi connectivity index (χ1v) is 8.30. The second kappa shape index (κ2) is 6.35. The smallest absolute Gasteiger partial charge is 0.174 e. The normalized spacial score (nSPS) is 11.8. The minimum atomic E-state index is 0.124. The SMILES string of the molecule is CC(C)(C)NCc1ccc(Sc2ncns2)cc1Br. The summed E-state index contributed by atoms with van der Waals surface area (Å²) in [6, 6.07) is 6.40. The van der Waals surface area contributed by atoms with E-state index in [0.717, 1.165) is 15.4 Å². The van der Waals surface area contributed by atoms with Crippen LogP contribution in [0, 0.1) is 0 Å². The largest absolute Gasteiger partial charge is 0.308 e. The molecule has 0 fully saturated rings. The maximum atomic E-state index is 4.17. The Hall–Kier alpha value is -0.430. The first-order chi connectivity index (χ1) is 8.94. The molecular formula is C13H16BrN3S2. The molecule has 1 N–H and O–H groups in total. The minimum absolute atomic E-state index is 0.124.